The van der Waals surface area contributed by atoms with Gasteiger partial charge in [-0.1, -0.05) is 6.92 Å². The predicted octanol–water partition coefficient (Wildman–Crippen LogP) is 2.67. The summed E-state index contributed by atoms with van der Waals surface area (Å²) in [5.74, 6) is 1.78. The van der Waals surface area contributed by atoms with Gasteiger partial charge in [-0.15, -0.1) is 0 Å². The zero-order valence-electron chi connectivity index (χ0n) is 11.2. The van der Waals surface area contributed by atoms with E-state index in [0.717, 1.165) is 38.4 Å². The minimum absolute atomic E-state index is 0.206. The Balaban J connectivity index is 2.04. The van der Waals surface area contributed by atoms with Crippen LogP contribution in [0, 0.1) is 11.3 Å². The number of nitriles is 1. The normalized spacial score (nSPS) is 17.7. The van der Waals surface area contributed by atoms with Gasteiger partial charge >= 0.3 is 0 Å². The smallest absolute Gasteiger partial charge is 0.143 e. The summed E-state index contributed by atoms with van der Waals surface area (Å²) < 4.78 is 5.66. The van der Waals surface area contributed by atoms with Crippen LogP contribution in [0.3, 0.4) is 0 Å². The van der Waals surface area contributed by atoms with E-state index in [1.54, 1.807) is 18.3 Å². The van der Waals surface area contributed by atoms with E-state index in [9.17, 15) is 0 Å². The van der Waals surface area contributed by atoms with Gasteiger partial charge in [-0.25, -0.2) is 4.98 Å². The summed E-state index contributed by atoms with van der Waals surface area (Å²) in [5, 5.41) is 12.4. The highest BCUT2D eigenvalue weighted by molar-refractivity contribution is 8.00. The van der Waals surface area contributed by atoms with Crippen molar-refractivity contribution in [2.24, 2.45) is 0 Å². The molecule has 1 aliphatic heterocycles. The van der Waals surface area contributed by atoms with E-state index in [0.29, 0.717) is 11.4 Å². The fourth-order valence-electron chi connectivity index (χ4n) is 2.30. The molecule has 0 amide bonds. The second-order valence-corrected chi connectivity index (χ2v) is 6.33. The van der Waals surface area contributed by atoms with Crippen LogP contribution in [0.1, 0.15) is 25.3 Å². The Labute approximate surface area is 118 Å². The highest BCUT2D eigenvalue weighted by atomic mass is 32.2. The van der Waals surface area contributed by atoms with E-state index in [1.165, 1.54) is 0 Å². The number of aromatic nitrogens is 1. The number of nitrogens with one attached hydrogen (secondary N) is 1. The number of hydrogen-bond acceptors (Lipinski definition) is 5. The van der Waals surface area contributed by atoms with Crippen LogP contribution in [-0.4, -0.2) is 35.2 Å². The first-order valence-electron chi connectivity index (χ1n) is 6.60. The van der Waals surface area contributed by atoms with Crippen LogP contribution < -0.4 is 5.32 Å². The van der Waals surface area contributed by atoms with Gasteiger partial charge in [0.25, 0.3) is 0 Å². The first-order valence-corrected chi connectivity index (χ1v) is 7.59. The minimum Gasteiger partial charge on any atom is -0.381 e. The Kier molecular flexibility index (Phi) is 5.06. The molecule has 1 aromatic rings. The number of hydrogen-bond donors (Lipinski definition) is 1. The summed E-state index contributed by atoms with van der Waals surface area (Å²) in [6.45, 7) is 4.66. The summed E-state index contributed by atoms with van der Waals surface area (Å²) in [6, 6.07) is 5.75. The molecule has 0 saturated carbocycles. The van der Waals surface area contributed by atoms with Gasteiger partial charge in [0.15, 0.2) is 0 Å². The molecule has 1 saturated heterocycles. The average molecular weight is 277 g/mol. The summed E-state index contributed by atoms with van der Waals surface area (Å²) in [6.07, 6.45) is 3.81. The average Bonchev–Trinajstić information content (AvgIpc) is 2.47. The van der Waals surface area contributed by atoms with Crippen molar-refractivity contribution in [3.8, 4) is 6.07 Å². The standard InChI is InChI=1S/C14H19N3OS/c1-2-19-14(5-8-18-9-6-14)11-17-13-12(10-15)4-3-7-16-13/h3-4,7H,2,5-6,8-9,11H2,1H3,(H,16,17). The molecule has 0 aromatic carbocycles. The van der Waals surface area contributed by atoms with Gasteiger partial charge in [0.1, 0.15) is 11.9 Å². The van der Waals surface area contributed by atoms with Crippen LogP contribution >= 0.6 is 11.8 Å². The molecule has 1 aliphatic rings. The molecule has 19 heavy (non-hydrogen) atoms. The maximum absolute atomic E-state index is 9.07. The minimum atomic E-state index is 0.206. The van der Waals surface area contributed by atoms with Gasteiger partial charge in [0.05, 0.1) is 5.56 Å². The number of anilines is 1. The van der Waals surface area contributed by atoms with Crippen LogP contribution in [0.15, 0.2) is 18.3 Å². The Morgan fingerprint density at radius 3 is 3.00 bits per heavy atom. The lowest BCUT2D eigenvalue weighted by Crippen LogP contribution is -2.40. The highest BCUT2D eigenvalue weighted by Gasteiger charge is 2.32. The van der Waals surface area contributed by atoms with Crippen molar-refractivity contribution < 1.29 is 4.74 Å². The molecule has 1 N–H and O–H groups in total. The predicted molar refractivity (Wildman–Crippen MR) is 78.4 cm³/mol. The molecule has 0 bridgehead atoms. The molecule has 0 spiro atoms. The quantitative estimate of drug-likeness (QED) is 0.896. The van der Waals surface area contributed by atoms with Crippen LogP contribution in [0.5, 0.6) is 0 Å². The highest BCUT2D eigenvalue weighted by Crippen LogP contribution is 2.35. The van der Waals surface area contributed by atoms with Gasteiger partial charge in [-0.05, 0) is 30.7 Å². The van der Waals surface area contributed by atoms with E-state index in [4.69, 9.17) is 10.00 Å². The summed E-state index contributed by atoms with van der Waals surface area (Å²) >= 11 is 1.98. The number of thioether (sulfide) groups is 1. The zero-order chi connectivity index (χ0) is 13.6. The van der Waals surface area contributed by atoms with Gasteiger partial charge < -0.3 is 10.1 Å². The molecule has 102 valence electrons. The number of rotatable bonds is 5. The molecule has 2 heterocycles. The largest absolute Gasteiger partial charge is 0.381 e. The van der Waals surface area contributed by atoms with Crippen molar-refractivity contribution in [3.05, 3.63) is 23.9 Å². The van der Waals surface area contributed by atoms with Crippen LogP contribution in [-0.2, 0) is 4.74 Å². The summed E-state index contributed by atoms with van der Waals surface area (Å²) in [4.78, 5) is 4.25. The second-order valence-electron chi connectivity index (χ2n) is 4.59. The lowest BCUT2D eigenvalue weighted by molar-refractivity contribution is 0.0801. The fraction of sp³-hybridized carbons (Fsp3) is 0.571. The van der Waals surface area contributed by atoms with Crippen LogP contribution in [0.2, 0.25) is 0 Å². The molecule has 1 aromatic heterocycles. The maximum Gasteiger partial charge on any atom is 0.143 e. The first kappa shape index (κ1) is 14.2. The monoisotopic (exact) mass is 277 g/mol. The van der Waals surface area contributed by atoms with E-state index >= 15 is 0 Å². The van der Waals surface area contributed by atoms with Crippen molar-refractivity contribution in [2.75, 3.05) is 30.8 Å². The van der Waals surface area contributed by atoms with Gasteiger partial charge in [0, 0.05) is 30.7 Å². The van der Waals surface area contributed by atoms with E-state index in [2.05, 4.69) is 23.3 Å². The van der Waals surface area contributed by atoms with Gasteiger partial charge in [0.2, 0.25) is 0 Å². The molecular weight excluding hydrogens is 258 g/mol. The van der Waals surface area contributed by atoms with E-state index < -0.39 is 0 Å². The Hall–Kier alpha value is -1.25. The molecular formula is C14H19N3OS. The second kappa shape index (κ2) is 6.78. The van der Waals surface area contributed by atoms with Crippen molar-refractivity contribution in [3.63, 3.8) is 0 Å². The number of nitrogens with zero attached hydrogens (tertiary/aromatic N) is 2. The van der Waals surface area contributed by atoms with Crippen molar-refractivity contribution in [1.82, 2.24) is 4.98 Å². The maximum atomic E-state index is 9.07. The number of ether oxygens (including phenoxy) is 1. The SMILES string of the molecule is CCSC1(CNc2ncccc2C#N)CCOCC1. The molecule has 5 heteroatoms. The number of pyridine rings is 1. The zero-order valence-corrected chi connectivity index (χ0v) is 12.0. The van der Waals surface area contributed by atoms with Crippen LogP contribution in [0.25, 0.3) is 0 Å². The molecule has 4 nitrogen and oxygen atoms in total. The van der Waals surface area contributed by atoms with Crippen molar-refractivity contribution in [2.45, 2.75) is 24.5 Å². The molecule has 0 aliphatic carbocycles. The summed E-state index contributed by atoms with van der Waals surface area (Å²) in [5.41, 5.74) is 0.603. The lowest BCUT2D eigenvalue weighted by atomic mass is 9.99. The van der Waals surface area contributed by atoms with Gasteiger partial charge in [-0.3, -0.25) is 0 Å². The summed E-state index contributed by atoms with van der Waals surface area (Å²) in [7, 11) is 0. The molecule has 1 fully saturated rings. The molecule has 2 rings (SSSR count). The Morgan fingerprint density at radius 2 is 2.32 bits per heavy atom. The van der Waals surface area contributed by atoms with E-state index in [-0.39, 0.29) is 4.75 Å². The molecule has 0 atom stereocenters. The molecule has 0 radical (unpaired) electrons. The lowest BCUT2D eigenvalue weighted by Gasteiger charge is -2.36. The topological polar surface area (TPSA) is 57.9 Å². The third kappa shape index (κ3) is 3.62. The Bertz CT molecular complexity index is 447. The fourth-order valence-corrected chi connectivity index (χ4v) is 3.54. The first-order chi connectivity index (χ1) is 9.29. The third-order valence-corrected chi connectivity index (χ3v) is 4.81. The van der Waals surface area contributed by atoms with Gasteiger partial charge in [-0.2, -0.15) is 17.0 Å². The van der Waals surface area contributed by atoms with E-state index in [1.807, 2.05) is 11.8 Å². The van der Waals surface area contributed by atoms with Crippen LogP contribution in [0.4, 0.5) is 5.82 Å². The van der Waals surface area contributed by atoms with Crippen molar-refractivity contribution in [1.29, 1.82) is 5.26 Å². The van der Waals surface area contributed by atoms with Crippen molar-refractivity contribution >= 4 is 17.6 Å². The Morgan fingerprint density at radius 1 is 1.53 bits per heavy atom. The third-order valence-electron chi connectivity index (χ3n) is 3.36. The molecule has 0 unspecified atom stereocenters.